The first-order chi connectivity index (χ1) is 12.7. The fraction of sp³-hybridized carbons (Fsp3) is 0.158. The normalized spacial score (nSPS) is 12.1. The lowest BCUT2D eigenvalue weighted by Crippen LogP contribution is -2.04. The van der Waals surface area contributed by atoms with Crippen molar-refractivity contribution in [2.75, 3.05) is 17.4 Å². The first kappa shape index (κ1) is 16.5. The van der Waals surface area contributed by atoms with E-state index in [0.29, 0.717) is 17.5 Å². The molecule has 3 aromatic rings. The van der Waals surface area contributed by atoms with Crippen LogP contribution in [0.2, 0.25) is 5.02 Å². The highest BCUT2D eigenvalue weighted by atomic mass is 35.5. The second kappa shape index (κ2) is 7.09. The number of ether oxygens (including phenoxy) is 2. The summed E-state index contributed by atoms with van der Waals surface area (Å²) in [5.74, 6) is 2.77. The zero-order valence-electron chi connectivity index (χ0n) is 14.1. The third-order valence-electron chi connectivity index (χ3n) is 4.01. The third-order valence-corrected chi connectivity index (χ3v) is 4.25. The SMILES string of the molecule is Cc1ccc(Cl)cc1Nc1nccc(NCc2ccc3c(c2)OCO3)n1. The molecule has 2 N–H and O–H groups in total. The molecule has 0 amide bonds. The number of hydrogen-bond acceptors (Lipinski definition) is 6. The van der Waals surface area contributed by atoms with Crippen LogP contribution in [0, 0.1) is 6.92 Å². The summed E-state index contributed by atoms with van der Waals surface area (Å²) in [7, 11) is 0. The third kappa shape index (κ3) is 3.65. The summed E-state index contributed by atoms with van der Waals surface area (Å²) >= 11 is 6.06. The van der Waals surface area contributed by atoms with Crippen LogP contribution in [0.25, 0.3) is 0 Å². The van der Waals surface area contributed by atoms with E-state index in [4.69, 9.17) is 21.1 Å². The Kier molecular flexibility index (Phi) is 4.50. The molecule has 1 aliphatic rings. The van der Waals surface area contributed by atoms with Gasteiger partial charge in [-0.1, -0.05) is 23.7 Å². The molecule has 26 heavy (non-hydrogen) atoms. The van der Waals surface area contributed by atoms with Crippen molar-refractivity contribution in [2.24, 2.45) is 0 Å². The van der Waals surface area contributed by atoms with Crippen LogP contribution in [-0.2, 0) is 6.54 Å². The standard InChI is InChI=1S/C19H17ClN4O2/c1-12-2-4-14(20)9-15(12)23-19-21-7-6-18(24-19)22-10-13-3-5-16-17(8-13)26-11-25-16/h2-9H,10-11H2,1H3,(H2,21,22,23,24). The number of rotatable bonds is 5. The van der Waals surface area contributed by atoms with Gasteiger partial charge >= 0.3 is 0 Å². The van der Waals surface area contributed by atoms with Crippen LogP contribution in [0.5, 0.6) is 11.5 Å². The lowest BCUT2D eigenvalue weighted by molar-refractivity contribution is 0.174. The minimum atomic E-state index is 0.274. The summed E-state index contributed by atoms with van der Waals surface area (Å²) in [5.41, 5.74) is 3.02. The van der Waals surface area contributed by atoms with Crippen molar-refractivity contribution < 1.29 is 9.47 Å². The van der Waals surface area contributed by atoms with E-state index in [1.807, 2.05) is 49.4 Å². The molecule has 0 radical (unpaired) electrons. The molecule has 0 bridgehead atoms. The molecular formula is C19H17ClN4O2. The summed E-state index contributed by atoms with van der Waals surface area (Å²) in [6, 6.07) is 13.4. The molecule has 0 saturated heterocycles. The summed E-state index contributed by atoms with van der Waals surface area (Å²) in [6.07, 6.45) is 1.71. The number of aromatic nitrogens is 2. The van der Waals surface area contributed by atoms with Crippen molar-refractivity contribution in [3.8, 4) is 11.5 Å². The lowest BCUT2D eigenvalue weighted by Gasteiger charge is -2.10. The largest absolute Gasteiger partial charge is 0.454 e. The fourth-order valence-electron chi connectivity index (χ4n) is 2.61. The molecule has 0 atom stereocenters. The maximum absolute atomic E-state index is 6.06. The Morgan fingerprint density at radius 3 is 2.88 bits per heavy atom. The van der Waals surface area contributed by atoms with Crippen LogP contribution in [0.1, 0.15) is 11.1 Å². The molecule has 0 unspecified atom stereocenters. The van der Waals surface area contributed by atoms with Gasteiger partial charge in [0, 0.05) is 23.5 Å². The van der Waals surface area contributed by atoms with E-state index in [1.165, 1.54) is 0 Å². The summed E-state index contributed by atoms with van der Waals surface area (Å²) in [6.45, 7) is 2.89. The van der Waals surface area contributed by atoms with E-state index < -0.39 is 0 Å². The Morgan fingerprint density at radius 2 is 1.96 bits per heavy atom. The summed E-state index contributed by atoms with van der Waals surface area (Å²) in [4.78, 5) is 8.76. The van der Waals surface area contributed by atoms with Crippen LogP contribution in [0.4, 0.5) is 17.5 Å². The van der Waals surface area contributed by atoms with Gasteiger partial charge in [0.1, 0.15) is 5.82 Å². The van der Waals surface area contributed by atoms with Gasteiger partial charge in [-0.2, -0.15) is 4.98 Å². The molecule has 0 fully saturated rings. The second-order valence-corrected chi connectivity index (χ2v) is 6.33. The molecule has 7 heteroatoms. The maximum atomic E-state index is 6.06. The van der Waals surface area contributed by atoms with Crippen LogP contribution in [0.3, 0.4) is 0 Å². The average molecular weight is 369 g/mol. The number of nitrogens with zero attached hydrogens (tertiary/aromatic N) is 2. The maximum Gasteiger partial charge on any atom is 0.231 e. The van der Waals surface area contributed by atoms with Gasteiger partial charge in [0.25, 0.3) is 0 Å². The predicted octanol–water partition coefficient (Wildman–Crippen LogP) is 4.52. The molecule has 0 saturated carbocycles. The highest BCUT2D eigenvalue weighted by Crippen LogP contribution is 2.32. The van der Waals surface area contributed by atoms with Crippen LogP contribution in [0.15, 0.2) is 48.7 Å². The number of aryl methyl sites for hydroxylation is 1. The molecule has 6 nitrogen and oxygen atoms in total. The van der Waals surface area contributed by atoms with Crippen molar-refractivity contribution in [2.45, 2.75) is 13.5 Å². The molecule has 2 aromatic carbocycles. The zero-order chi connectivity index (χ0) is 17.9. The molecule has 0 aliphatic carbocycles. The molecule has 1 aromatic heterocycles. The van der Waals surface area contributed by atoms with E-state index in [9.17, 15) is 0 Å². The number of benzene rings is 2. The Morgan fingerprint density at radius 1 is 1.08 bits per heavy atom. The minimum Gasteiger partial charge on any atom is -0.454 e. The van der Waals surface area contributed by atoms with Gasteiger partial charge < -0.3 is 20.1 Å². The number of anilines is 3. The predicted molar refractivity (Wildman–Crippen MR) is 101 cm³/mol. The van der Waals surface area contributed by atoms with Crippen LogP contribution < -0.4 is 20.1 Å². The monoisotopic (exact) mass is 368 g/mol. The van der Waals surface area contributed by atoms with Crippen molar-refractivity contribution in [1.82, 2.24) is 9.97 Å². The van der Waals surface area contributed by atoms with E-state index >= 15 is 0 Å². The van der Waals surface area contributed by atoms with E-state index in [-0.39, 0.29) is 6.79 Å². The molecule has 2 heterocycles. The van der Waals surface area contributed by atoms with Gasteiger partial charge in [0.15, 0.2) is 11.5 Å². The van der Waals surface area contributed by atoms with Crippen molar-refractivity contribution in [3.05, 3.63) is 64.8 Å². The highest BCUT2D eigenvalue weighted by molar-refractivity contribution is 6.30. The van der Waals surface area contributed by atoms with Gasteiger partial charge in [0.2, 0.25) is 12.7 Å². The molecule has 132 valence electrons. The smallest absolute Gasteiger partial charge is 0.231 e. The van der Waals surface area contributed by atoms with Gasteiger partial charge in [-0.05, 0) is 48.4 Å². The van der Waals surface area contributed by atoms with Crippen molar-refractivity contribution in [1.29, 1.82) is 0 Å². The summed E-state index contributed by atoms with van der Waals surface area (Å²) < 4.78 is 10.7. The highest BCUT2D eigenvalue weighted by Gasteiger charge is 2.13. The molecular weight excluding hydrogens is 352 g/mol. The van der Waals surface area contributed by atoms with Crippen LogP contribution >= 0.6 is 11.6 Å². The quantitative estimate of drug-likeness (QED) is 0.690. The molecule has 1 aliphatic heterocycles. The number of nitrogens with one attached hydrogen (secondary N) is 2. The Hall–Kier alpha value is -2.99. The Balaban J connectivity index is 1.45. The van der Waals surface area contributed by atoms with Gasteiger partial charge in [0.05, 0.1) is 0 Å². The second-order valence-electron chi connectivity index (χ2n) is 5.89. The fourth-order valence-corrected chi connectivity index (χ4v) is 2.78. The average Bonchev–Trinajstić information content (AvgIpc) is 3.11. The van der Waals surface area contributed by atoms with Gasteiger partial charge in [-0.3, -0.25) is 0 Å². The Bertz CT molecular complexity index is 949. The zero-order valence-corrected chi connectivity index (χ0v) is 14.9. The van der Waals surface area contributed by atoms with Gasteiger partial charge in [-0.25, -0.2) is 4.98 Å². The molecule has 0 spiro atoms. The topological polar surface area (TPSA) is 68.3 Å². The number of hydrogen-bond donors (Lipinski definition) is 2. The number of fused-ring (bicyclic) bond motifs is 1. The van der Waals surface area contributed by atoms with E-state index in [2.05, 4.69) is 20.6 Å². The number of halogens is 1. The van der Waals surface area contributed by atoms with Crippen molar-refractivity contribution >= 4 is 29.1 Å². The van der Waals surface area contributed by atoms with Crippen LogP contribution in [-0.4, -0.2) is 16.8 Å². The minimum absolute atomic E-state index is 0.274. The van der Waals surface area contributed by atoms with Crippen molar-refractivity contribution in [3.63, 3.8) is 0 Å². The van der Waals surface area contributed by atoms with E-state index in [1.54, 1.807) is 6.20 Å². The first-order valence-corrected chi connectivity index (χ1v) is 8.54. The first-order valence-electron chi connectivity index (χ1n) is 8.16. The van der Waals surface area contributed by atoms with Gasteiger partial charge in [-0.15, -0.1) is 0 Å². The summed E-state index contributed by atoms with van der Waals surface area (Å²) in [5, 5.41) is 7.16. The Labute approximate surface area is 156 Å². The molecule has 4 rings (SSSR count). The lowest BCUT2D eigenvalue weighted by atomic mass is 10.2. The van der Waals surface area contributed by atoms with E-state index in [0.717, 1.165) is 34.1 Å².